The van der Waals surface area contributed by atoms with E-state index in [0.717, 1.165) is 16.9 Å². The maximum Gasteiger partial charge on any atom is 0.0814 e. The van der Waals surface area contributed by atoms with Crippen LogP contribution in [0.2, 0.25) is 0 Å². The quantitative estimate of drug-likeness (QED) is 0.689. The molecule has 3 heteroatoms. The molecule has 0 fully saturated rings. The van der Waals surface area contributed by atoms with Gasteiger partial charge in [0, 0.05) is 11.4 Å². The predicted octanol–water partition coefficient (Wildman–Crippen LogP) is 2.54. The van der Waals surface area contributed by atoms with E-state index in [4.69, 9.17) is 5.73 Å². The lowest BCUT2D eigenvalue weighted by Gasteiger charge is -2.39. The standard InChI is InChI=1S/C13H22N2O/c1-9-8-10(14)6-7-11(9)15-12(2,3)13(4,5)16/h6-8,15-16H,14H2,1-5H3. The first-order chi connectivity index (χ1) is 7.13. The number of nitrogen functional groups attached to an aromatic ring is 1. The normalized spacial score (nSPS) is 12.6. The van der Waals surface area contributed by atoms with Gasteiger partial charge in [0.1, 0.15) is 0 Å². The average Bonchev–Trinajstić information content (AvgIpc) is 2.08. The molecule has 0 saturated carbocycles. The van der Waals surface area contributed by atoms with E-state index in [1.165, 1.54) is 0 Å². The van der Waals surface area contributed by atoms with Crippen LogP contribution in [0, 0.1) is 6.92 Å². The number of nitrogens with one attached hydrogen (secondary N) is 1. The van der Waals surface area contributed by atoms with Crippen LogP contribution in [0.15, 0.2) is 18.2 Å². The number of anilines is 2. The highest BCUT2D eigenvalue weighted by Crippen LogP contribution is 2.28. The third kappa shape index (κ3) is 2.67. The van der Waals surface area contributed by atoms with Gasteiger partial charge in [0.2, 0.25) is 0 Å². The average molecular weight is 222 g/mol. The number of hydrogen-bond donors (Lipinski definition) is 3. The SMILES string of the molecule is Cc1cc(N)ccc1NC(C)(C)C(C)(C)O. The Hall–Kier alpha value is -1.22. The van der Waals surface area contributed by atoms with Gasteiger partial charge in [-0.05, 0) is 58.4 Å². The van der Waals surface area contributed by atoms with Crippen LogP contribution >= 0.6 is 0 Å². The van der Waals surface area contributed by atoms with E-state index >= 15 is 0 Å². The molecule has 1 rings (SSSR count). The lowest BCUT2D eigenvalue weighted by atomic mass is 9.85. The third-order valence-corrected chi connectivity index (χ3v) is 3.23. The minimum absolute atomic E-state index is 0.409. The molecule has 1 aromatic carbocycles. The Bertz CT molecular complexity index is 378. The van der Waals surface area contributed by atoms with Crippen molar-refractivity contribution in [3.05, 3.63) is 23.8 Å². The fourth-order valence-electron chi connectivity index (χ4n) is 1.32. The van der Waals surface area contributed by atoms with Crippen molar-refractivity contribution in [1.82, 2.24) is 0 Å². The molecule has 0 aliphatic carbocycles. The van der Waals surface area contributed by atoms with Crippen LogP contribution in [-0.2, 0) is 0 Å². The van der Waals surface area contributed by atoms with Crippen LogP contribution in [0.5, 0.6) is 0 Å². The monoisotopic (exact) mass is 222 g/mol. The first-order valence-corrected chi connectivity index (χ1v) is 5.50. The Morgan fingerprint density at radius 1 is 1.19 bits per heavy atom. The Kier molecular flexibility index (Phi) is 3.20. The lowest BCUT2D eigenvalue weighted by molar-refractivity contribution is 0.0240. The number of aryl methyl sites for hydroxylation is 1. The molecule has 4 N–H and O–H groups in total. The zero-order chi connectivity index (χ0) is 12.6. The second-order valence-electron chi connectivity index (χ2n) is 5.38. The van der Waals surface area contributed by atoms with Crippen molar-refractivity contribution in [2.75, 3.05) is 11.1 Å². The molecule has 0 spiro atoms. The molecule has 0 atom stereocenters. The molecular formula is C13H22N2O. The van der Waals surface area contributed by atoms with Crippen molar-refractivity contribution < 1.29 is 5.11 Å². The van der Waals surface area contributed by atoms with Crippen molar-refractivity contribution in [3.8, 4) is 0 Å². The van der Waals surface area contributed by atoms with Crippen molar-refractivity contribution in [3.63, 3.8) is 0 Å². The summed E-state index contributed by atoms with van der Waals surface area (Å²) in [5, 5.41) is 13.4. The van der Waals surface area contributed by atoms with Crippen LogP contribution in [0.3, 0.4) is 0 Å². The highest BCUT2D eigenvalue weighted by molar-refractivity contribution is 5.58. The topological polar surface area (TPSA) is 58.3 Å². The summed E-state index contributed by atoms with van der Waals surface area (Å²) < 4.78 is 0. The van der Waals surface area contributed by atoms with Gasteiger partial charge in [-0.2, -0.15) is 0 Å². The molecule has 3 nitrogen and oxygen atoms in total. The fraction of sp³-hybridized carbons (Fsp3) is 0.538. The summed E-state index contributed by atoms with van der Waals surface area (Å²) >= 11 is 0. The molecule has 0 aliphatic heterocycles. The third-order valence-electron chi connectivity index (χ3n) is 3.23. The van der Waals surface area contributed by atoms with Gasteiger partial charge >= 0.3 is 0 Å². The van der Waals surface area contributed by atoms with Gasteiger partial charge in [0.25, 0.3) is 0 Å². The zero-order valence-corrected chi connectivity index (χ0v) is 10.8. The van der Waals surface area contributed by atoms with Crippen LogP contribution in [0.1, 0.15) is 33.3 Å². The van der Waals surface area contributed by atoms with Crippen LogP contribution in [0.4, 0.5) is 11.4 Å². The molecule has 16 heavy (non-hydrogen) atoms. The van der Waals surface area contributed by atoms with Gasteiger partial charge < -0.3 is 16.2 Å². The van der Waals surface area contributed by atoms with Gasteiger partial charge in [0.15, 0.2) is 0 Å². The highest BCUT2D eigenvalue weighted by Gasteiger charge is 2.34. The first-order valence-electron chi connectivity index (χ1n) is 5.50. The Labute approximate surface area is 97.7 Å². The maximum absolute atomic E-state index is 10.1. The fourth-order valence-corrected chi connectivity index (χ4v) is 1.32. The smallest absolute Gasteiger partial charge is 0.0814 e. The molecule has 0 bridgehead atoms. The molecular weight excluding hydrogens is 200 g/mol. The minimum atomic E-state index is -0.805. The summed E-state index contributed by atoms with van der Waals surface area (Å²) in [6.07, 6.45) is 0. The molecule has 1 aromatic rings. The van der Waals surface area contributed by atoms with Crippen LogP contribution in [-0.4, -0.2) is 16.2 Å². The van der Waals surface area contributed by atoms with Gasteiger partial charge in [-0.15, -0.1) is 0 Å². The number of nitrogens with two attached hydrogens (primary N) is 1. The van der Waals surface area contributed by atoms with Crippen LogP contribution < -0.4 is 11.1 Å². The number of benzene rings is 1. The summed E-state index contributed by atoms with van der Waals surface area (Å²) in [7, 11) is 0. The first kappa shape index (κ1) is 12.8. The van der Waals surface area contributed by atoms with E-state index in [0.29, 0.717) is 0 Å². The minimum Gasteiger partial charge on any atom is -0.399 e. The van der Waals surface area contributed by atoms with Crippen molar-refractivity contribution in [2.45, 2.75) is 45.8 Å². The number of hydrogen-bond acceptors (Lipinski definition) is 3. The van der Waals surface area contributed by atoms with E-state index in [1.807, 2.05) is 39.0 Å². The molecule has 90 valence electrons. The van der Waals surface area contributed by atoms with Crippen molar-refractivity contribution in [1.29, 1.82) is 0 Å². The van der Waals surface area contributed by atoms with Crippen LogP contribution in [0.25, 0.3) is 0 Å². The Morgan fingerprint density at radius 2 is 1.75 bits per heavy atom. The maximum atomic E-state index is 10.1. The summed E-state index contributed by atoms with van der Waals surface area (Å²) in [5.41, 5.74) is 7.32. The van der Waals surface area contributed by atoms with E-state index in [1.54, 1.807) is 13.8 Å². The van der Waals surface area contributed by atoms with E-state index in [2.05, 4.69) is 5.32 Å². The predicted molar refractivity (Wildman–Crippen MR) is 69.6 cm³/mol. The number of aliphatic hydroxyl groups is 1. The van der Waals surface area contributed by atoms with Gasteiger partial charge in [-0.25, -0.2) is 0 Å². The molecule has 0 unspecified atom stereocenters. The molecule has 0 amide bonds. The molecule has 0 radical (unpaired) electrons. The molecule has 0 aromatic heterocycles. The van der Waals surface area contributed by atoms with Gasteiger partial charge in [0.05, 0.1) is 11.1 Å². The summed E-state index contributed by atoms with van der Waals surface area (Å²) in [6, 6.07) is 5.72. The largest absolute Gasteiger partial charge is 0.399 e. The molecule has 0 saturated heterocycles. The van der Waals surface area contributed by atoms with Crippen molar-refractivity contribution in [2.24, 2.45) is 0 Å². The zero-order valence-electron chi connectivity index (χ0n) is 10.8. The summed E-state index contributed by atoms with van der Waals surface area (Å²) in [5.74, 6) is 0. The van der Waals surface area contributed by atoms with Crippen molar-refractivity contribution >= 4 is 11.4 Å². The Balaban J connectivity index is 2.97. The van der Waals surface area contributed by atoms with Gasteiger partial charge in [-0.3, -0.25) is 0 Å². The van der Waals surface area contributed by atoms with Gasteiger partial charge in [-0.1, -0.05) is 0 Å². The van der Waals surface area contributed by atoms with E-state index in [-0.39, 0.29) is 0 Å². The lowest BCUT2D eigenvalue weighted by Crippen LogP contribution is -2.51. The highest BCUT2D eigenvalue weighted by atomic mass is 16.3. The number of rotatable bonds is 3. The Morgan fingerprint density at radius 3 is 2.19 bits per heavy atom. The molecule has 0 heterocycles. The molecule has 0 aliphatic rings. The second kappa shape index (κ2) is 3.98. The second-order valence-corrected chi connectivity index (χ2v) is 5.38. The van der Waals surface area contributed by atoms with E-state index in [9.17, 15) is 5.11 Å². The summed E-state index contributed by atoms with van der Waals surface area (Å²) in [6.45, 7) is 9.55. The summed E-state index contributed by atoms with van der Waals surface area (Å²) in [4.78, 5) is 0. The van der Waals surface area contributed by atoms with E-state index < -0.39 is 11.1 Å².